The average Bonchev–Trinajstić information content (AvgIpc) is 3.84. The summed E-state index contributed by atoms with van der Waals surface area (Å²) in [6, 6.07) is 6.17. The smallest absolute Gasteiger partial charge is 0.410 e. The summed E-state index contributed by atoms with van der Waals surface area (Å²) in [5, 5.41) is 10.1. The standard InChI is InChI=1S/C32H34FN9O3S/c1-32(2,3)45-31(44)40-12-10-39(11-13-40)26-7-6-20(17-35-26)21-15-23(33)22-18-42(38-24(22)16-21)28(29(43)37-30-34-8-14-46-30)27-25-5-4-9-41(25)19-36-27/h6-8,14-19,28H,4-5,9-13H2,1-3H3,(H,34,37,43). The molecule has 1 atom stereocenters. The number of imidazole rings is 1. The number of pyridine rings is 1. The van der Waals surface area contributed by atoms with Gasteiger partial charge in [-0.05, 0) is 63.4 Å². The van der Waals surface area contributed by atoms with Crippen LogP contribution in [0, 0.1) is 5.82 Å². The molecular formula is C32H34FN9O3S. The molecular weight excluding hydrogens is 609 g/mol. The number of carbonyl (C=O) groups is 2. The Kier molecular flexibility index (Phi) is 7.67. The van der Waals surface area contributed by atoms with E-state index < -0.39 is 17.5 Å². The number of amides is 2. The maximum absolute atomic E-state index is 15.6. The minimum absolute atomic E-state index is 0.305. The van der Waals surface area contributed by atoms with Gasteiger partial charge in [0.05, 0.1) is 22.9 Å². The van der Waals surface area contributed by atoms with Gasteiger partial charge in [0.15, 0.2) is 11.2 Å². The zero-order chi connectivity index (χ0) is 32.0. The Balaban J connectivity index is 1.12. The molecule has 238 valence electrons. The number of thiazole rings is 1. The van der Waals surface area contributed by atoms with E-state index in [2.05, 4.69) is 29.7 Å². The molecule has 0 bridgehead atoms. The molecule has 2 aliphatic heterocycles. The van der Waals surface area contributed by atoms with Gasteiger partial charge >= 0.3 is 6.09 Å². The molecule has 1 saturated heterocycles. The van der Waals surface area contributed by atoms with E-state index in [0.29, 0.717) is 53.5 Å². The molecule has 14 heteroatoms. The molecule has 1 unspecified atom stereocenters. The number of ether oxygens (including phenoxy) is 1. The van der Waals surface area contributed by atoms with Crippen LogP contribution < -0.4 is 10.2 Å². The molecule has 6 heterocycles. The molecule has 5 aromatic rings. The number of nitrogens with one attached hydrogen (secondary N) is 1. The first-order valence-electron chi connectivity index (χ1n) is 15.2. The summed E-state index contributed by atoms with van der Waals surface area (Å²) in [5.74, 6) is -0.0150. The first kappa shape index (κ1) is 29.8. The van der Waals surface area contributed by atoms with Crippen LogP contribution in [0.3, 0.4) is 0 Å². The summed E-state index contributed by atoms with van der Waals surface area (Å²) in [7, 11) is 0. The number of aryl methyl sites for hydroxylation is 1. The lowest BCUT2D eigenvalue weighted by Crippen LogP contribution is -2.50. The zero-order valence-electron chi connectivity index (χ0n) is 25.8. The normalized spacial score (nSPS) is 15.7. The van der Waals surface area contributed by atoms with Gasteiger partial charge < -0.3 is 19.1 Å². The third-order valence-electron chi connectivity index (χ3n) is 8.15. The molecule has 1 aromatic carbocycles. The quantitative estimate of drug-likeness (QED) is 0.271. The van der Waals surface area contributed by atoms with Gasteiger partial charge in [-0.2, -0.15) is 5.10 Å². The summed E-state index contributed by atoms with van der Waals surface area (Å²) in [4.78, 5) is 43.3. The molecule has 46 heavy (non-hydrogen) atoms. The summed E-state index contributed by atoms with van der Waals surface area (Å²) in [5.41, 5.74) is 2.82. The van der Waals surface area contributed by atoms with Crippen molar-refractivity contribution < 1.29 is 18.7 Å². The van der Waals surface area contributed by atoms with E-state index in [0.717, 1.165) is 36.5 Å². The predicted molar refractivity (Wildman–Crippen MR) is 172 cm³/mol. The third kappa shape index (κ3) is 5.91. The number of fused-ring (bicyclic) bond motifs is 2. The van der Waals surface area contributed by atoms with Crippen LogP contribution in [-0.4, -0.2) is 78.0 Å². The first-order chi connectivity index (χ1) is 22.1. The van der Waals surface area contributed by atoms with Crippen molar-refractivity contribution in [3.8, 4) is 11.1 Å². The molecule has 1 fully saturated rings. The van der Waals surface area contributed by atoms with Crippen molar-refractivity contribution in [3.05, 3.63) is 71.8 Å². The Labute approximate surface area is 268 Å². The van der Waals surface area contributed by atoms with E-state index >= 15 is 4.39 Å². The minimum Gasteiger partial charge on any atom is -0.444 e. The van der Waals surface area contributed by atoms with Crippen molar-refractivity contribution in [3.63, 3.8) is 0 Å². The molecule has 0 spiro atoms. The Bertz CT molecular complexity index is 1890. The highest BCUT2D eigenvalue weighted by atomic mass is 32.1. The predicted octanol–water partition coefficient (Wildman–Crippen LogP) is 5.12. The number of nitrogens with zero attached hydrogens (tertiary/aromatic N) is 8. The molecule has 4 aromatic heterocycles. The number of benzene rings is 1. The average molecular weight is 644 g/mol. The van der Waals surface area contributed by atoms with E-state index in [1.165, 1.54) is 22.1 Å². The van der Waals surface area contributed by atoms with E-state index in [1.807, 2.05) is 32.9 Å². The number of aromatic nitrogens is 6. The molecule has 0 saturated carbocycles. The summed E-state index contributed by atoms with van der Waals surface area (Å²) in [6.45, 7) is 8.73. The number of hydrogen-bond acceptors (Lipinski definition) is 9. The van der Waals surface area contributed by atoms with Crippen molar-refractivity contribution in [2.45, 2.75) is 51.8 Å². The van der Waals surface area contributed by atoms with Crippen LogP contribution in [0.1, 0.15) is 44.6 Å². The Morgan fingerprint density at radius 3 is 2.59 bits per heavy atom. The minimum atomic E-state index is -0.898. The van der Waals surface area contributed by atoms with Gasteiger partial charge in [-0.1, -0.05) is 0 Å². The molecule has 12 nitrogen and oxygen atoms in total. The summed E-state index contributed by atoms with van der Waals surface area (Å²) >= 11 is 1.32. The fourth-order valence-electron chi connectivity index (χ4n) is 5.95. The number of halogens is 1. The van der Waals surface area contributed by atoms with Crippen LogP contribution >= 0.6 is 11.3 Å². The van der Waals surface area contributed by atoms with Crippen molar-refractivity contribution in [1.82, 2.24) is 34.2 Å². The Morgan fingerprint density at radius 2 is 1.87 bits per heavy atom. The van der Waals surface area contributed by atoms with Crippen LogP contribution in [0.5, 0.6) is 0 Å². The van der Waals surface area contributed by atoms with Gasteiger partial charge in [-0.15, -0.1) is 11.3 Å². The van der Waals surface area contributed by atoms with Crippen LogP contribution in [0.2, 0.25) is 0 Å². The van der Waals surface area contributed by atoms with Gasteiger partial charge in [0.1, 0.15) is 17.2 Å². The summed E-state index contributed by atoms with van der Waals surface area (Å²) < 4.78 is 24.6. The highest BCUT2D eigenvalue weighted by Gasteiger charge is 2.32. The van der Waals surface area contributed by atoms with Gasteiger partial charge in [0, 0.05) is 68.0 Å². The second-order valence-corrected chi connectivity index (χ2v) is 13.4. The Morgan fingerprint density at radius 1 is 1.04 bits per heavy atom. The molecule has 1 N–H and O–H groups in total. The molecule has 2 amide bonds. The fourth-order valence-corrected chi connectivity index (χ4v) is 6.48. The van der Waals surface area contributed by atoms with Gasteiger partial charge in [-0.25, -0.2) is 24.1 Å². The lowest BCUT2D eigenvalue weighted by atomic mass is 10.1. The van der Waals surface area contributed by atoms with Crippen LogP contribution in [0.15, 0.2) is 54.6 Å². The van der Waals surface area contributed by atoms with E-state index in [9.17, 15) is 9.59 Å². The molecule has 7 rings (SSSR count). The summed E-state index contributed by atoms with van der Waals surface area (Å²) in [6.07, 6.45) is 8.12. The van der Waals surface area contributed by atoms with Gasteiger partial charge in [0.25, 0.3) is 5.91 Å². The fraction of sp³-hybridized carbons (Fsp3) is 0.375. The number of carbonyl (C=O) groups excluding carboxylic acids is 2. The largest absolute Gasteiger partial charge is 0.444 e. The maximum atomic E-state index is 15.6. The first-order valence-corrected chi connectivity index (χ1v) is 16.1. The Hall–Kier alpha value is -4.85. The van der Waals surface area contributed by atoms with E-state index in [-0.39, 0.29) is 12.0 Å². The topological polar surface area (TPSA) is 123 Å². The third-order valence-corrected chi connectivity index (χ3v) is 8.84. The highest BCUT2D eigenvalue weighted by Crippen LogP contribution is 2.32. The second-order valence-electron chi connectivity index (χ2n) is 12.5. The van der Waals surface area contributed by atoms with E-state index in [1.54, 1.807) is 41.3 Å². The van der Waals surface area contributed by atoms with Crippen molar-refractivity contribution in [1.29, 1.82) is 0 Å². The number of anilines is 2. The number of hydrogen-bond donors (Lipinski definition) is 1. The SMILES string of the molecule is CC(C)(C)OC(=O)N1CCN(c2ccc(-c3cc(F)c4cn(C(C(=O)Nc5nccs5)c5ncn6c5CCC6)nc4c3)cn2)CC1. The number of rotatable bonds is 6. The molecule has 0 aliphatic carbocycles. The zero-order valence-corrected chi connectivity index (χ0v) is 26.6. The monoisotopic (exact) mass is 643 g/mol. The molecule has 0 radical (unpaired) electrons. The van der Waals surface area contributed by atoms with Gasteiger partial charge in [0.2, 0.25) is 0 Å². The van der Waals surface area contributed by atoms with Crippen molar-refractivity contribution >= 4 is 45.2 Å². The van der Waals surface area contributed by atoms with Crippen LogP contribution in [0.25, 0.3) is 22.0 Å². The van der Waals surface area contributed by atoms with Gasteiger partial charge in [-0.3, -0.25) is 14.8 Å². The van der Waals surface area contributed by atoms with E-state index in [4.69, 9.17) is 9.84 Å². The number of piperazine rings is 1. The lowest BCUT2D eigenvalue weighted by Gasteiger charge is -2.36. The lowest BCUT2D eigenvalue weighted by molar-refractivity contribution is -0.118. The molecule has 2 aliphatic rings. The van der Waals surface area contributed by atoms with Crippen molar-refractivity contribution in [2.24, 2.45) is 0 Å². The van der Waals surface area contributed by atoms with Crippen LogP contribution in [0.4, 0.5) is 20.1 Å². The maximum Gasteiger partial charge on any atom is 0.410 e. The van der Waals surface area contributed by atoms with Crippen LogP contribution in [-0.2, 0) is 22.5 Å². The highest BCUT2D eigenvalue weighted by molar-refractivity contribution is 7.13. The van der Waals surface area contributed by atoms with Crippen molar-refractivity contribution in [2.75, 3.05) is 36.4 Å². The second kappa shape index (κ2) is 11.8.